The molecule has 1 fully saturated rings. The number of ether oxygens (including phenoxy) is 1. The number of nitrogens with one attached hydrogen (secondary N) is 1. The Kier molecular flexibility index (Phi) is 5.54. The third kappa shape index (κ3) is 4.16. The molecule has 24 heavy (non-hydrogen) atoms. The van der Waals surface area contributed by atoms with Gasteiger partial charge in [-0.25, -0.2) is 4.79 Å². The minimum atomic E-state index is -0.407. The van der Waals surface area contributed by atoms with Crippen LogP contribution in [0.5, 0.6) is 0 Å². The molecular weight excluding hydrogens is 302 g/mol. The maximum absolute atomic E-state index is 12.2. The van der Waals surface area contributed by atoms with Crippen LogP contribution in [-0.2, 0) is 22.4 Å². The molecule has 0 aromatic heterocycles. The highest BCUT2D eigenvalue weighted by Gasteiger charge is 2.23. The Morgan fingerprint density at radius 1 is 1.08 bits per heavy atom. The standard InChI is InChI=1S/C20H27NO3/c1-14-6-2-5-9-18(14)21-19(22)13-24-20(23)17-11-10-15-7-3-4-8-16(15)12-17/h10-12,14,18H,2-9,13H2,1H3,(H,21,22)/t14-,18+/m0/s1. The summed E-state index contributed by atoms with van der Waals surface area (Å²) in [7, 11) is 0. The van der Waals surface area contributed by atoms with Crippen LogP contribution in [0.1, 0.15) is 66.9 Å². The summed E-state index contributed by atoms with van der Waals surface area (Å²) in [4.78, 5) is 24.2. The molecule has 2 aliphatic rings. The quantitative estimate of drug-likeness (QED) is 0.861. The molecule has 1 amide bonds. The van der Waals surface area contributed by atoms with Gasteiger partial charge >= 0.3 is 5.97 Å². The molecule has 3 rings (SSSR count). The van der Waals surface area contributed by atoms with Gasteiger partial charge in [0.05, 0.1) is 5.56 Å². The van der Waals surface area contributed by atoms with Crippen LogP contribution in [0.3, 0.4) is 0 Å². The zero-order chi connectivity index (χ0) is 16.9. The topological polar surface area (TPSA) is 55.4 Å². The Hall–Kier alpha value is -1.84. The summed E-state index contributed by atoms with van der Waals surface area (Å²) < 4.78 is 5.21. The fourth-order valence-electron chi connectivity index (χ4n) is 3.85. The number of carbonyl (C=O) groups excluding carboxylic acids is 2. The van der Waals surface area contributed by atoms with Crippen molar-refractivity contribution >= 4 is 11.9 Å². The minimum Gasteiger partial charge on any atom is -0.452 e. The van der Waals surface area contributed by atoms with Gasteiger partial charge in [0.25, 0.3) is 5.91 Å². The van der Waals surface area contributed by atoms with Crippen LogP contribution < -0.4 is 5.32 Å². The predicted octanol–water partition coefficient (Wildman–Crippen LogP) is 3.42. The Balaban J connectivity index is 1.50. The van der Waals surface area contributed by atoms with Gasteiger partial charge in [0, 0.05) is 6.04 Å². The second kappa shape index (κ2) is 7.82. The molecule has 0 aliphatic heterocycles. The van der Waals surface area contributed by atoms with Gasteiger partial charge in [-0.1, -0.05) is 25.8 Å². The lowest BCUT2D eigenvalue weighted by molar-refractivity contribution is -0.125. The predicted molar refractivity (Wildman–Crippen MR) is 92.9 cm³/mol. The number of aryl methyl sites for hydroxylation is 2. The van der Waals surface area contributed by atoms with Crippen molar-refractivity contribution in [2.45, 2.75) is 64.3 Å². The fourth-order valence-corrected chi connectivity index (χ4v) is 3.85. The zero-order valence-electron chi connectivity index (χ0n) is 14.5. The summed E-state index contributed by atoms with van der Waals surface area (Å²) in [6, 6.07) is 5.98. The largest absolute Gasteiger partial charge is 0.452 e. The van der Waals surface area contributed by atoms with Gasteiger partial charge in [-0.15, -0.1) is 0 Å². The molecule has 0 radical (unpaired) electrons. The van der Waals surface area contributed by atoms with Crippen LogP contribution in [0.25, 0.3) is 0 Å². The number of hydrogen-bond acceptors (Lipinski definition) is 3. The maximum Gasteiger partial charge on any atom is 0.338 e. The SMILES string of the molecule is C[C@H]1CCCC[C@H]1NC(=O)COC(=O)c1ccc2c(c1)CCCC2. The van der Waals surface area contributed by atoms with Gasteiger partial charge < -0.3 is 10.1 Å². The van der Waals surface area contributed by atoms with E-state index in [4.69, 9.17) is 4.74 Å². The Morgan fingerprint density at radius 2 is 1.83 bits per heavy atom. The lowest BCUT2D eigenvalue weighted by Crippen LogP contribution is -2.42. The molecule has 4 nitrogen and oxygen atoms in total. The molecular formula is C20H27NO3. The van der Waals surface area contributed by atoms with E-state index in [-0.39, 0.29) is 18.6 Å². The third-order valence-electron chi connectivity index (χ3n) is 5.38. The molecule has 0 saturated heterocycles. The third-order valence-corrected chi connectivity index (χ3v) is 5.38. The fraction of sp³-hybridized carbons (Fsp3) is 0.600. The monoisotopic (exact) mass is 329 g/mol. The van der Waals surface area contributed by atoms with Crippen molar-refractivity contribution in [2.24, 2.45) is 5.92 Å². The van der Waals surface area contributed by atoms with Gasteiger partial charge in [0.15, 0.2) is 6.61 Å². The first kappa shape index (κ1) is 17.0. The van der Waals surface area contributed by atoms with Crippen LogP contribution in [0, 0.1) is 5.92 Å². The lowest BCUT2D eigenvalue weighted by atomic mass is 9.86. The Labute approximate surface area is 144 Å². The van der Waals surface area contributed by atoms with Crippen molar-refractivity contribution in [3.8, 4) is 0 Å². The van der Waals surface area contributed by atoms with Crippen LogP contribution in [0.15, 0.2) is 18.2 Å². The van der Waals surface area contributed by atoms with Gasteiger partial charge in [0.1, 0.15) is 0 Å². The number of hydrogen-bond donors (Lipinski definition) is 1. The van der Waals surface area contributed by atoms with Crippen molar-refractivity contribution in [1.82, 2.24) is 5.32 Å². The van der Waals surface area contributed by atoms with Gasteiger partial charge in [0.2, 0.25) is 0 Å². The number of amides is 1. The van der Waals surface area contributed by atoms with Gasteiger partial charge in [-0.3, -0.25) is 4.79 Å². The molecule has 2 aliphatic carbocycles. The average Bonchev–Trinajstić information content (AvgIpc) is 2.61. The summed E-state index contributed by atoms with van der Waals surface area (Å²) in [5.74, 6) is -0.102. The van der Waals surface area contributed by atoms with E-state index in [1.165, 1.54) is 30.4 Å². The van der Waals surface area contributed by atoms with Crippen molar-refractivity contribution in [2.75, 3.05) is 6.61 Å². The molecule has 0 unspecified atom stereocenters. The number of carbonyl (C=O) groups is 2. The summed E-state index contributed by atoms with van der Waals surface area (Å²) in [6.07, 6.45) is 9.07. The van der Waals surface area contributed by atoms with E-state index in [9.17, 15) is 9.59 Å². The summed E-state index contributed by atoms with van der Waals surface area (Å²) >= 11 is 0. The molecule has 0 spiro atoms. The maximum atomic E-state index is 12.2. The van der Waals surface area contributed by atoms with Crippen molar-refractivity contribution < 1.29 is 14.3 Å². The highest BCUT2D eigenvalue weighted by atomic mass is 16.5. The molecule has 0 bridgehead atoms. The molecule has 1 aromatic carbocycles. The molecule has 2 atom stereocenters. The average molecular weight is 329 g/mol. The number of esters is 1. The number of rotatable bonds is 4. The second-order valence-electron chi connectivity index (χ2n) is 7.20. The number of fused-ring (bicyclic) bond motifs is 1. The van der Waals surface area contributed by atoms with E-state index in [2.05, 4.69) is 12.2 Å². The van der Waals surface area contributed by atoms with Crippen LogP contribution >= 0.6 is 0 Å². The highest BCUT2D eigenvalue weighted by molar-refractivity contribution is 5.91. The summed E-state index contributed by atoms with van der Waals surface area (Å²) in [5, 5.41) is 3.01. The smallest absolute Gasteiger partial charge is 0.338 e. The number of benzene rings is 1. The van der Waals surface area contributed by atoms with Crippen LogP contribution in [0.4, 0.5) is 0 Å². The second-order valence-corrected chi connectivity index (χ2v) is 7.20. The lowest BCUT2D eigenvalue weighted by Gasteiger charge is -2.29. The Bertz CT molecular complexity index is 611. The molecule has 1 N–H and O–H groups in total. The van der Waals surface area contributed by atoms with E-state index in [1.54, 1.807) is 0 Å². The summed E-state index contributed by atoms with van der Waals surface area (Å²) in [6.45, 7) is 1.97. The van der Waals surface area contributed by atoms with Crippen LogP contribution in [-0.4, -0.2) is 24.5 Å². The minimum absolute atomic E-state index is 0.194. The van der Waals surface area contributed by atoms with Crippen LogP contribution in [0.2, 0.25) is 0 Å². The first-order valence-corrected chi connectivity index (χ1v) is 9.22. The van der Waals surface area contributed by atoms with Crippen molar-refractivity contribution in [3.63, 3.8) is 0 Å². The normalized spacial score (nSPS) is 23.2. The van der Waals surface area contributed by atoms with E-state index in [0.717, 1.165) is 32.1 Å². The summed E-state index contributed by atoms with van der Waals surface area (Å²) in [5.41, 5.74) is 3.13. The van der Waals surface area contributed by atoms with E-state index in [1.807, 2.05) is 18.2 Å². The highest BCUT2D eigenvalue weighted by Crippen LogP contribution is 2.24. The van der Waals surface area contributed by atoms with Crippen molar-refractivity contribution in [3.05, 3.63) is 34.9 Å². The van der Waals surface area contributed by atoms with E-state index in [0.29, 0.717) is 11.5 Å². The first-order valence-electron chi connectivity index (χ1n) is 9.22. The van der Waals surface area contributed by atoms with Gasteiger partial charge in [-0.2, -0.15) is 0 Å². The molecule has 0 heterocycles. The van der Waals surface area contributed by atoms with E-state index >= 15 is 0 Å². The van der Waals surface area contributed by atoms with E-state index < -0.39 is 5.97 Å². The molecule has 1 aromatic rings. The molecule has 130 valence electrons. The molecule has 1 saturated carbocycles. The zero-order valence-corrected chi connectivity index (χ0v) is 14.5. The first-order chi connectivity index (χ1) is 11.6. The van der Waals surface area contributed by atoms with Crippen molar-refractivity contribution in [1.29, 1.82) is 0 Å². The van der Waals surface area contributed by atoms with Gasteiger partial charge in [-0.05, 0) is 67.7 Å². The Morgan fingerprint density at radius 3 is 2.62 bits per heavy atom. The molecule has 4 heteroatoms.